The van der Waals surface area contributed by atoms with Crippen molar-refractivity contribution < 1.29 is 48.0 Å². The summed E-state index contributed by atoms with van der Waals surface area (Å²) in [6, 6.07) is 4.79. The standard InChI is InChI=1S/C38H55N5O10S/c1-25(42(5)37(48)49)33(45)41-31(26-11-7-6-8-12-26)35(46)43-17-10-15-30(43)34-40-29(24-54-34)32(44)27-13-9-14-28(23-27)52-22-21-51-20-19-50-18-16-39-36(47)53-38(2,3)4/h9,13-14,23-26,30-31H,6-8,10-12,15-22H2,1-5H3,(H,39,47)(H,41,45)(H,48,49)/t25-,30+,31-/m0/s1. The third kappa shape index (κ3) is 12.7. The first-order chi connectivity index (χ1) is 25.7. The maximum Gasteiger partial charge on any atom is 0.407 e. The van der Waals surface area contributed by atoms with Crippen LogP contribution < -0.4 is 15.4 Å². The largest absolute Gasteiger partial charge is 0.491 e. The van der Waals surface area contributed by atoms with E-state index in [0.717, 1.165) is 43.4 Å². The second-order valence-corrected chi connectivity index (χ2v) is 15.5. The minimum atomic E-state index is -1.22. The molecule has 1 saturated carbocycles. The van der Waals surface area contributed by atoms with Gasteiger partial charge in [0.15, 0.2) is 0 Å². The maximum atomic E-state index is 14.2. The molecule has 1 aliphatic heterocycles. The van der Waals surface area contributed by atoms with Gasteiger partial charge in [-0.3, -0.25) is 19.3 Å². The van der Waals surface area contributed by atoms with Crippen LogP contribution in [0.4, 0.5) is 9.59 Å². The fourth-order valence-corrected chi connectivity index (χ4v) is 7.38. The molecule has 0 bridgehead atoms. The topological polar surface area (TPSA) is 186 Å². The quantitative estimate of drug-likeness (QED) is 0.136. The summed E-state index contributed by atoms with van der Waals surface area (Å²) in [5.74, 6) is -0.504. The molecule has 2 aromatic rings. The van der Waals surface area contributed by atoms with Gasteiger partial charge in [0.05, 0.1) is 32.5 Å². The van der Waals surface area contributed by atoms with E-state index in [1.807, 2.05) is 0 Å². The fourth-order valence-electron chi connectivity index (χ4n) is 6.43. The molecule has 0 unspecified atom stereocenters. The Balaban J connectivity index is 1.27. The Morgan fingerprint density at radius 3 is 2.41 bits per heavy atom. The van der Waals surface area contributed by atoms with Crippen LogP contribution in [0.25, 0.3) is 0 Å². The number of carbonyl (C=O) groups excluding carboxylic acids is 4. The molecular weight excluding hydrogens is 719 g/mol. The van der Waals surface area contributed by atoms with E-state index in [-0.39, 0.29) is 36.0 Å². The van der Waals surface area contributed by atoms with Crippen molar-refractivity contribution in [2.45, 2.75) is 96.4 Å². The number of thiazole rings is 1. The normalized spacial score (nSPS) is 17.4. The molecule has 1 aromatic heterocycles. The monoisotopic (exact) mass is 773 g/mol. The van der Waals surface area contributed by atoms with Crippen LogP contribution in [0.15, 0.2) is 29.6 Å². The van der Waals surface area contributed by atoms with Crippen molar-refractivity contribution in [3.8, 4) is 5.75 Å². The number of alkyl carbamates (subject to hydrolysis) is 1. The third-order valence-corrected chi connectivity index (χ3v) is 10.3. The van der Waals surface area contributed by atoms with Gasteiger partial charge < -0.3 is 39.6 Å². The van der Waals surface area contributed by atoms with Gasteiger partial charge in [-0.15, -0.1) is 11.3 Å². The van der Waals surface area contributed by atoms with Gasteiger partial charge in [0.2, 0.25) is 17.6 Å². The highest BCUT2D eigenvalue weighted by molar-refractivity contribution is 7.10. The Labute approximate surface area is 321 Å². The van der Waals surface area contributed by atoms with E-state index in [1.54, 1.807) is 55.3 Å². The molecule has 1 aliphatic carbocycles. The summed E-state index contributed by atoms with van der Waals surface area (Å²) in [4.78, 5) is 71.4. The van der Waals surface area contributed by atoms with E-state index in [1.165, 1.54) is 25.3 Å². The summed E-state index contributed by atoms with van der Waals surface area (Å²) in [5, 5.41) is 17.3. The van der Waals surface area contributed by atoms with Crippen LogP contribution in [-0.4, -0.2) is 121 Å². The number of rotatable bonds is 18. The lowest BCUT2D eigenvalue weighted by Gasteiger charge is -2.35. The number of carbonyl (C=O) groups is 5. The molecule has 4 amide bonds. The van der Waals surface area contributed by atoms with E-state index in [9.17, 15) is 29.1 Å². The molecule has 15 nitrogen and oxygen atoms in total. The van der Waals surface area contributed by atoms with Crippen molar-refractivity contribution >= 4 is 41.1 Å². The zero-order valence-corrected chi connectivity index (χ0v) is 32.8. The van der Waals surface area contributed by atoms with Crippen molar-refractivity contribution in [1.82, 2.24) is 25.4 Å². The number of nitrogens with one attached hydrogen (secondary N) is 2. The number of ether oxygens (including phenoxy) is 4. The van der Waals surface area contributed by atoms with Gasteiger partial charge in [-0.05, 0) is 71.4 Å². The smallest absolute Gasteiger partial charge is 0.407 e. The molecule has 0 radical (unpaired) electrons. The molecule has 1 saturated heterocycles. The number of nitrogens with zero attached hydrogens (tertiary/aromatic N) is 3. The number of likely N-dealkylation sites (tertiary alicyclic amines) is 1. The first-order valence-electron chi connectivity index (χ1n) is 18.7. The number of benzene rings is 1. The SMILES string of the molecule is C[C@@H](C(=O)N[C@H](C(=O)N1CCC[C@@H]1c1nc(C(=O)c2cccc(OCCOCCOCCNC(=O)OC(C)(C)C)c2)cs1)C1CCCCC1)N(C)C(=O)O. The van der Waals surface area contributed by atoms with Gasteiger partial charge in [0, 0.05) is 31.1 Å². The fraction of sp³-hybridized carbons (Fsp3) is 0.632. The first kappa shape index (κ1) is 42.5. The predicted molar refractivity (Wildman–Crippen MR) is 201 cm³/mol. The summed E-state index contributed by atoms with van der Waals surface area (Å²) in [6.07, 6.45) is 4.33. The molecular formula is C38H55N5O10S. The maximum absolute atomic E-state index is 14.2. The Kier molecular flexibility index (Phi) is 16.1. The van der Waals surface area contributed by atoms with Crippen molar-refractivity contribution in [2.75, 3.05) is 53.2 Å². The van der Waals surface area contributed by atoms with Crippen molar-refractivity contribution in [3.05, 3.63) is 45.9 Å². The van der Waals surface area contributed by atoms with Crippen LogP contribution in [0.5, 0.6) is 5.75 Å². The lowest BCUT2D eigenvalue weighted by molar-refractivity contribution is -0.140. The Bertz CT molecular complexity index is 1570. The van der Waals surface area contributed by atoms with Gasteiger partial charge in [-0.25, -0.2) is 14.6 Å². The van der Waals surface area contributed by atoms with E-state index in [2.05, 4.69) is 10.6 Å². The van der Waals surface area contributed by atoms with Crippen LogP contribution in [0.1, 0.15) is 99.7 Å². The Hall–Kier alpha value is -4.28. The average Bonchev–Trinajstić information content (AvgIpc) is 3.84. The minimum absolute atomic E-state index is 0.0476. The highest BCUT2D eigenvalue weighted by atomic mass is 32.1. The van der Waals surface area contributed by atoms with Gasteiger partial charge in [0.1, 0.15) is 40.7 Å². The molecule has 298 valence electrons. The van der Waals surface area contributed by atoms with Gasteiger partial charge in [-0.1, -0.05) is 31.4 Å². The molecule has 16 heteroatoms. The molecule has 3 N–H and O–H groups in total. The van der Waals surface area contributed by atoms with Crippen LogP contribution >= 0.6 is 11.3 Å². The van der Waals surface area contributed by atoms with E-state index < -0.39 is 35.8 Å². The summed E-state index contributed by atoms with van der Waals surface area (Å²) < 4.78 is 22.0. The van der Waals surface area contributed by atoms with E-state index in [0.29, 0.717) is 62.3 Å². The van der Waals surface area contributed by atoms with Crippen molar-refractivity contribution in [3.63, 3.8) is 0 Å². The van der Waals surface area contributed by atoms with Gasteiger partial charge in [-0.2, -0.15) is 0 Å². The predicted octanol–water partition coefficient (Wildman–Crippen LogP) is 5.04. The van der Waals surface area contributed by atoms with E-state index in [4.69, 9.17) is 23.9 Å². The molecule has 1 aromatic carbocycles. The highest BCUT2D eigenvalue weighted by Gasteiger charge is 2.40. The molecule has 54 heavy (non-hydrogen) atoms. The second kappa shape index (κ2) is 20.4. The Morgan fingerprint density at radius 2 is 1.70 bits per heavy atom. The second-order valence-electron chi connectivity index (χ2n) is 14.6. The van der Waals surface area contributed by atoms with Crippen LogP contribution in [-0.2, 0) is 23.8 Å². The zero-order valence-electron chi connectivity index (χ0n) is 32.0. The number of aromatic nitrogens is 1. The molecule has 3 atom stereocenters. The molecule has 2 aliphatic rings. The van der Waals surface area contributed by atoms with Gasteiger partial charge >= 0.3 is 12.2 Å². The number of amides is 4. The number of hydrogen-bond donors (Lipinski definition) is 3. The van der Waals surface area contributed by atoms with Crippen LogP contribution in [0.3, 0.4) is 0 Å². The summed E-state index contributed by atoms with van der Waals surface area (Å²) in [6.45, 7) is 9.33. The van der Waals surface area contributed by atoms with E-state index >= 15 is 0 Å². The number of likely N-dealkylation sites (N-methyl/N-ethyl adjacent to an activating group) is 1. The molecule has 4 rings (SSSR count). The lowest BCUT2D eigenvalue weighted by atomic mass is 9.83. The Morgan fingerprint density at radius 1 is 1.00 bits per heavy atom. The highest BCUT2D eigenvalue weighted by Crippen LogP contribution is 2.36. The number of hydrogen-bond acceptors (Lipinski definition) is 11. The molecule has 0 spiro atoms. The minimum Gasteiger partial charge on any atom is -0.491 e. The number of carboxylic acid groups (broad SMARTS) is 1. The first-order valence-corrected chi connectivity index (χ1v) is 19.5. The van der Waals surface area contributed by atoms with Gasteiger partial charge in [0.25, 0.3) is 0 Å². The van der Waals surface area contributed by atoms with Crippen LogP contribution in [0, 0.1) is 5.92 Å². The van der Waals surface area contributed by atoms with Crippen molar-refractivity contribution in [2.24, 2.45) is 5.92 Å². The average molecular weight is 774 g/mol. The lowest BCUT2D eigenvalue weighted by Crippen LogP contribution is -2.56. The summed E-state index contributed by atoms with van der Waals surface area (Å²) >= 11 is 1.33. The summed E-state index contributed by atoms with van der Waals surface area (Å²) in [7, 11) is 1.33. The molecule has 2 fully saturated rings. The zero-order chi connectivity index (χ0) is 39.3. The molecule has 2 heterocycles. The van der Waals surface area contributed by atoms with Crippen molar-refractivity contribution in [1.29, 1.82) is 0 Å². The third-order valence-electron chi connectivity index (χ3n) is 9.40. The number of ketones is 1. The summed E-state index contributed by atoms with van der Waals surface area (Å²) in [5.41, 5.74) is 0.136. The van der Waals surface area contributed by atoms with Crippen LogP contribution in [0.2, 0.25) is 0 Å².